The molecule has 0 heterocycles. The molecule has 0 saturated heterocycles. The lowest BCUT2D eigenvalue weighted by Crippen LogP contribution is -2.54. The smallest absolute Gasteiger partial charge is 0.326 e. The van der Waals surface area contributed by atoms with E-state index in [-0.39, 0.29) is 11.9 Å². The van der Waals surface area contributed by atoms with Crippen molar-refractivity contribution < 1.29 is 19.0 Å². The van der Waals surface area contributed by atoms with Crippen molar-refractivity contribution in [3.63, 3.8) is 0 Å². The van der Waals surface area contributed by atoms with E-state index in [0.29, 0.717) is 19.8 Å². The molecule has 0 aliphatic heterocycles. The van der Waals surface area contributed by atoms with E-state index in [1.807, 2.05) is 14.0 Å². The minimum absolute atomic E-state index is 0.146. The highest BCUT2D eigenvalue weighted by atomic mass is 16.5. The van der Waals surface area contributed by atoms with Crippen LogP contribution in [0.3, 0.4) is 0 Å². The van der Waals surface area contributed by atoms with Crippen molar-refractivity contribution in [2.75, 3.05) is 40.6 Å². The standard InChI is InChI=1S/C14H27NO4/c1-4-18-10-11-19-9-7-12-6-5-8-14(12,15-2)13(16)17-3/h12,15H,4-11H2,1-3H3. The highest BCUT2D eigenvalue weighted by Crippen LogP contribution is 2.38. The molecule has 0 amide bonds. The molecule has 0 aromatic rings. The maximum atomic E-state index is 12.0. The number of likely N-dealkylation sites (N-methyl/N-ethyl adjacent to an activating group) is 1. The fraction of sp³-hybridized carbons (Fsp3) is 0.929. The summed E-state index contributed by atoms with van der Waals surface area (Å²) in [5.41, 5.74) is -0.516. The van der Waals surface area contributed by atoms with Gasteiger partial charge >= 0.3 is 5.97 Å². The monoisotopic (exact) mass is 273 g/mol. The van der Waals surface area contributed by atoms with Gasteiger partial charge < -0.3 is 19.5 Å². The maximum Gasteiger partial charge on any atom is 0.326 e. The lowest BCUT2D eigenvalue weighted by molar-refractivity contribution is -0.150. The third-order valence-corrected chi connectivity index (χ3v) is 4.00. The number of nitrogens with one attached hydrogen (secondary N) is 1. The zero-order valence-electron chi connectivity index (χ0n) is 12.4. The molecule has 5 nitrogen and oxygen atoms in total. The predicted molar refractivity (Wildman–Crippen MR) is 73.1 cm³/mol. The fourth-order valence-corrected chi connectivity index (χ4v) is 2.94. The number of hydrogen-bond donors (Lipinski definition) is 1. The molecule has 2 atom stereocenters. The predicted octanol–water partition coefficient (Wildman–Crippen LogP) is 1.36. The molecule has 1 rings (SSSR count). The van der Waals surface area contributed by atoms with Crippen LogP contribution in [-0.2, 0) is 19.0 Å². The van der Waals surface area contributed by atoms with E-state index < -0.39 is 5.54 Å². The van der Waals surface area contributed by atoms with Gasteiger partial charge in [0.1, 0.15) is 5.54 Å². The van der Waals surface area contributed by atoms with E-state index in [0.717, 1.165) is 32.3 Å². The molecule has 1 aliphatic carbocycles. The van der Waals surface area contributed by atoms with Gasteiger partial charge in [-0.05, 0) is 39.2 Å². The number of carbonyl (C=O) groups is 1. The number of methoxy groups -OCH3 is 1. The van der Waals surface area contributed by atoms with Gasteiger partial charge in [-0.25, -0.2) is 0 Å². The maximum absolute atomic E-state index is 12.0. The van der Waals surface area contributed by atoms with E-state index in [9.17, 15) is 4.79 Å². The van der Waals surface area contributed by atoms with Crippen LogP contribution in [0.15, 0.2) is 0 Å². The van der Waals surface area contributed by atoms with Crippen LogP contribution in [-0.4, -0.2) is 52.1 Å². The summed E-state index contributed by atoms with van der Waals surface area (Å²) in [4.78, 5) is 12.0. The van der Waals surface area contributed by atoms with Gasteiger partial charge in [0.25, 0.3) is 0 Å². The summed E-state index contributed by atoms with van der Waals surface area (Å²) in [5.74, 6) is 0.142. The van der Waals surface area contributed by atoms with Crippen LogP contribution in [0.25, 0.3) is 0 Å². The van der Waals surface area contributed by atoms with Gasteiger partial charge in [0.05, 0.1) is 20.3 Å². The Bertz CT molecular complexity index is 272. The number of rotatable bonds is 9. The Morgan fingerprint density at radius 1 is 1.32 bits per heavy atom. The van der Waals surface area contributed by atoms with Crippen LogP contribution in [0.2, 0.25) is 0 Å². The second-order valence-electron chi connectivity index (χ2n) is 4.90. The molecule has 0 bridgehead atoms. The second kappa shape index (κ2) is 8.51. The van der Waals surface area contributed by atoms with Crippen molar-refractivity contribution in [3.05, 3.63) is 0 Å². The molecule has 0 aromatic heterocycles. The summed E-state index contributed by atoms with van der Waals surface area (Å²) in [5, 5.41) is 3.18. The summed E-state index contributed by atoms with van der Waals surface area (Å²) >= 11 is 0. The number of ether oxygens (including phenoxy) is 3. The van der Waals surface area contributed by atoms with Crippen molar-refractivity contribution in [2.24, 2.45) is 5.92 Å². The van der Waals surface area contributed by atoms with E-state index in [1.54, 1.807) is 0 Å². The highest BCUT2D eigenvalue weighted by Gasteiger charge is 2.48. The molecular weight excluding hydrogens is 246 g/mol. The molecule has 1 aliphatic rings. The molecule has 1 saturated carbocycles. The van der Waals surface area contributed by atoms with Crippen molar-refractivity contribution in [3.8, 4) is 0 Å². The third kappa shape index (κ3) is 4.16. The zero-order chi connectivity index (χ0) is 14.1. The summed E-state index contributed by atoms with van der Waals surface area (Å²) < 4.78 is 15.7. The lowest BCUT2D eigenvalue weighted by atomic mass is 9.85. The second-order valence-corrected chi connectivity index (χ2v) is 4.90. The normalized spacial score (nSPS) is 26.6. The van der Waals surface area contributed by atoms with Gasteiger partial charge in [0.15, 0.2) is 0 Å². The minimum Gasteiger partial charge on any atom is -0.468 e. The lowest BCUT2D eigenvalue weighted by Gasteiger charge is -2.32. The Labute approximate surface area is 116 Å². The van der Waals surface area contributed by atoms with Crippen molar-refractivity contribution in [2.45, 2.75) is 38.1 Å². The molecule has 19 heavy (non-hydrogen) atoms. The molecule has 2 unspecified atom stereocenters. The third-order valence-electron chi connectivity index (χ3n) is 4.00. The summed E-state index contributed by atoms with van der Waals surface area (Å²) in [7, 11) is 3.29. The molecule has 0 radical (unpaired) electrons. The molecule has 1 fully saturated rings. The largest absolute Gasteiger partial charge is 0.468 e. The van der Waals surface area contributed by atoms with Crippen molar-refractivity contribution >= 4 is 5.97 Å². The number of hydrogen-bond acceptors (Lipinski definition) is 5. The molecule has 5 heteroatoms. The first-order chi connectivity index (χ1) is 9.21. The first kappa shape index (κ1) is 16.4. The molecule has 0 spiro atoms. The van der Waals surface area contributed by atoms with E-state index in [4.69, 9.17) is 14.2 Å². The Morgan fingerprint density at radius 2 is 2.05 bits per heavy atom. The summed E-state index contributed by atoms with van der Waals surface area (Å²) in [6, 6.07) is 0. The Hall–Kier alpha value is -0.650. The average molecular weight is 273 g/mol. The first-order valence-corrected chi connectivity index (χ1v) is 7.14. The topological polar surface area (TPSA) is 56.8 Å². The van der Waals surface area contributed by atoms with Gasteiger partial charge in [0.2, 0.25) is 0 Å². The molecule has 0 aromatic carbocycles. The fourth-order valence-electron chi connectivity index (χ4n) is 2.94. The SMILES string of the molecule is CCOCCOCCC1CCCC1(NC)C(=O)OC. The van der Waals surface area contributed by atoms with Gasteiger partial charge in [-0.2, -0.15) is 0 Å². The Kier molecular flexibility index (Phi) is 7.34. The van der Waals surface area contributed by atoms with Crippen LogP contribution < -0.4 is 5.32 Å². The summed E-state index contributed by atoms with van der Waals surface area (Å²) in [6.45, 7) is 4.60. The van der Waals surface area contributed by atoms with Gasteiger partial charge in [-0.3, -0.25) is 4.79 Å². The molecule has 1 N–H and O–H groups in total. The van der Waals surface area contributed by atoms with Crippen LogP contribution in [0, 0.1) is 5.92 Å². The van der Waals surface area contributed by atoms with Crippen LogP contribution >= 0.6 is 0 Å². The van der Waals surface area contributed by atoms with Crippen LogP contribution in [0.5, 0.6) is 0 Å². The average Bonchev–Trinajstić information content (AvgIpc) is 2.86. The van der Waals surface area contributed by atoms with E-state index >= 15 is 0 Å². The quantitative estimate of drug-likeness (QED) is 0.508. The van der Waals surface area contributed by atoms with E-state index in [1.165, 1.54) is 7.11 Å². The minimum atomic E-state index is -0.516. The molecule has 112 valence electrons. The van der Waals surface area contributed by atoms with Crippen LogP contribution in [0.1, 0.15) is 32.6 Å². The zero-order valence-corrected chi connectivity index (χ0v) is 12.4. The van der Waals surface area contributed by atoms with Crippen LogP contribution in [0.4, 0.5) is 0 Å². The van der Waals surface area contributed by atoms with Gasteiger partial charge in [0, 0.05) is 13.2 Å². The Morgan fingerprint density at radius 3 is 2.68 bits per heavy atom. The van der Waals surface area contributed by atoms with Crippen molar-refractivity contribution in [1.29, 1.82) is 0 Å². The van der Waals surface area contributed by atoms with E-state index in [2.05, 4.69) is 5.32 Å². The van der Waals surface area contributed by atoms with Crippen molar-refractivity contribution in [1.82, 2.24) is 5.32 Å². The van der Waals surface area contributed by atoms with Gasteiger partial charge in [-0.15, -0.1) is 0 Å². The van der Waals surface area contributed by atoms with Gasteiger partial charge in [-0.1, -0.05) is 6.42 Å². The number of esters is 1. The number of carbonyl (C=O) groups excluding carboxylic acids is 1. The highest BCUT2D eigenvalue weighted by molar-refractivity contribution is 5.81. The molecular formula is C14H27NO4. The summed E-state index contributed by atoms with van der Waals surface area (Å²) in [6.07, 6.45) is 3.83. The Balaban J connectivity index is 2.36. The first-order valence-electron chi connectivity index (χ1n) is 7.14.